The van der Waals surface area contributed by atoms with E-state index in [0.29, 0.717) is 6.61 Å². The Labute approximate surface area is 84.1 Å². The maximum Gasteiger partial charge on any atom is 0.407 e. The number of hydrogen-bond donors (Lipinski definition) is 1. The number of amides is 1. The van der Waals surface area contributed by atoms with Gasteiger partial charge in [-0.25, -0.2) is 4.79 Å². The molecule has 3 heteroatoms. The molecule has 14 heavy (non-hydrogen) atoms. The van der Waals surface area contributed by atoms with Crippen molar-refractivity contribution in [3.63, 3.8) is 0 Å². The van der Waals surface area contributed by atoms with Crippen molar-refractivity contribution in [2.45, 2.75) is 19.9 Å². The highest BCUT2D eigenvalue weighted by molar-refractivity contribution is 5.67. The molecule has 1 aromatic carbocycles. The zero-order chi connectivity index (χ0) is 10.4. The molecule has 76 valence electrons. The SMILES string of the molecule is CCOC(=O)N[C@H](C)c1ccccc1. The normalized spacial score (nSPS) is 11.9. The minimum absolute atomic E-state index is 0.0183. The predicted molar refractivity (Wildman–Crippen MR) is 55.0 cm³/mol. The smallest absolute Gasteiger partial charge is 0.407 e. The van der Waals surface area contributed by atoms with Crippen molar-refractivity contribution < 1.29 is 9.53 Å². The van der Waals surface area contributed by atoms with Gasteiger partial charge >= 0.3 is 6.09 Å². The van der Waals surface area contributed by atoms with E-state index in [9.17, 15) is 4.79 Å². The zero-order valence-corrected chi connectivity index (χ0v) is 8.49. The van der Waals surface area contributed by atoms with Crippen LogP contribution in [0.1, 0.15) is 25.5 Å². The number of rotatable bonds is 3. The lowest BCUT2D eigenvalue weighted by Crippen LogP contribution is -2.27. The largest absolute Gasteiger partial charge is 0.450 e. The van der Waals surface area contributed by atoms with E-state index in [2.05, 4.69) is 5.32 Å². The van der Waals surface area contributed by atoms with Crippen LogP contribution in [0.3, 0.4) is 0 Å². The van der Waals surface area contributed by atoms with Crippen LogP contribution in [-0.2, 0) is 4.74 Å². The molecule has 0 aliphatic rings. The monoisotopic (exact) mass is 193 g/mol. The molecule has 0 radical (unpaired) electrons. The fraction of sp³-hybridized carbons (Fsp3) is 0.364. The molecule has 0 bridgehead atoms. The number of hydrogen-bond acceptors (Lipinski definition) is 2. The van der Waals surface area contributed by atoms with E-state index in [1.807, 2.05) is 37.3 Å². The maximum absolute atomic E-state index is 11.1. The highest BCUT2D eigenvalue weighted by Gasteiger charge is 2.08. The Hall–Kier alpha value is -1.51. The van der Waals surface area contributed by atoms with Gasteiger partial charge in [0, 0.05) is 0 Å². The molecule has 1 aromatic rings. The molecule has 0 saturated carbocycles. The van der Waals surface area contributed by atoms with E-state index in [0.717, 1.165) is 5.56 Å². The minimum Gasteiger partial charge on any atom is -0.450 e. The summed E-state index contributed by atoms with van der Waals surface area (Å²) >= 11 is 0. The highest BCUT2D eigenvalue weighted by atomic mass is 16.5. The van der Waals surface area contributed by atoms with Gasteiger partial charge in [-0.1, -0.05) is 30.3 Å². The summed E-state index contributed by atoms with van der Waals surface area (Å²) in [6, 6.07) is 9.75. The van der Waals surface area contributed by atoms with Crippen molar-refractivity contribution in [3.8, 4) is 0 Å². The number of nitrogens with one attached hydrogen (secondary N) is 1. The second-order valence-electron chi connectivity index (χ2n) is 3.00. The third-order valence-corrected chi connectivity index (χ3v) is 1.91. The molecule has 1 rings (SSSR count). The van der Waals surface area contributed by atoms with Crippen LogP contribution in [0.15, 0.2) is 30.3 Å². The average Bonchev–Trinajstić information content (AvgIpc) is 2.19. The Morgan fingerprint density at radius 1 is 1.43 bits per heavy atom. The van der Waals surface area contributed by atoms with Gasteiger partial charge in [-0.15, -0.1) is 0 Å². The minimum atomic E-state index is -0.371. The van der Waals surface area contributed by atoms with E-state index in [4.69, 9.17) is 4.74 Å². The molecular formula is C11H15NO2. The number of carbonyl (C=O) groups is 1. The first-order valence-corrected chi connectivity index (χ1v) is 4.72. The molecule has 3 nitrogen and oxygen atoms in total. The summed E-state index contributed by atoms with van der Waals surface area (Å²) in [6.07, 6.45) is -0.371. The van der Waals surface area contributed by atoms with E-state index in [1.54, 1.807) is 6.92 Å². The van der Waals surface area contributed by atoms with Gasteiger partial charge in [-0.2, -0.15) is 0 Å². The molecule has 1 amide bonds. The molecule has 0 fully saturated rings. The van der Waals surface area contributed by atoms with Crippen LogP contribution >= 0.6 is 0 Å². The molecule has 0 unspecified atom stereocenters. The number of benzene rings is 1. The summed E-state index contributed by atoms with van der Waals surface area (Å²) in [5.41, 5.74) is 1.07. The Kier molecular flexibility index (Phi) is 3.98. The van der Waals surface area contributed by atoms with Crippen LogP contribution < -0.4 is 5.32 Å². The van der Waals surface area contributed by atoms with E-state index in [1.165, 1.54) is 0 Å². The molecular weight excluding hydrogens is 178 g/mol. The van der Waals surface area contributed by atoms with Gasteiger partial charge in [0.15, 0.2) is 0 Å². The van der Waals surface area contributed by atoms with Crippen molar-refractivity contribution in [1.29, 1.82) is 0 Å². The van der Waals surface area contributed by atoms with Crippen LogP contribution in [0.25, 0.3) is 0 Å². The van der Waals surface area contributed by atoms with Gasteiger partial charge in [0.25, 0.3) is 0 Å². The average molecular weight is 193 g/mol. The summed E-state index contributed by atoms with van der Waals surface area (Å²) < 4.78 is 4.78. The van der Waals surface area contributed by atoms with Gasteiger partial charge < -0.3 is 10.1 Å². The lowest BCUT2D eigenvalue weighted by atomic mass is 10.1. The van der Waals surface area contributed by atoms with Crippen molar-refractivity contribution >= 4 is 6.09 Å². The van der Waals surface area contributed by atoms with Crippen molar-refractivity contribution in [2.24, 2.45) is 0 Å². The summed E-state index contributed by atoms with van der Waals surface area (Å²) in [6.45, 7) is 4.10. The van der Waals surface area contributed by atoms with E-state index in [-0.39, 0.29) is 12.1 Å². The van der Waals surface area contributed by atoms with Crippen molar-refractivity contribution in [2.75, 3.05) is 6.61 Å². The van der Waals surface area contributed by atoms with Crippen LogP contribution in [0.2, 0.25) is 0 Å². The molecule has 1 atom stereocenters. The van der Waals surface area contributed by atoms with Gasteiger partial charge in [0.2, 0.25) is 0 Å². The van der Waals surface area contributed by atoms with Crippen LogP contribution in [0, 0.1) is 0 Å². The Bertz CT molecular complexity index is 285. The van der Waals surface area contributed by atoms with Crippen LogP contribution in [0.4, 0.5) is 4.79 Å². The second kappa shape index (κ2) is 5.27. The first-order valence-electron chi connectivity index (χ1n) is 4.72. The quantitative estimate of drug-likeness (QED) is 0.800. The lowest BCUT2D eigenvalue weighted by Gasteiger charge is -2.13. The van der Waals surface area contributed by atoms with E-state index < -0.39 is 0 Å². The van der Waals surface area contributed by atoms with Crippen LogP contribution in [0.5, 0.6) is 0 Å². The fourth-order valence-corrected chi connectivity index (χ4v) is 1.17. The highest BCUT2D eigenvalue weighted by Crippen LogP contribution is 2.10. The molecule has 0 aromatic heterocycles. The fourth-order valence-electron chi connectivity index (χ4n) is 1.17. The first kappa shape index (κ1) is 10.6. The number of alkyl carbamates (subject to hydrolysis) is 1. The number of carbonyl (C=O) groups excluding carboxylic acids is 1. The van der Waals surface area contributed by atoms with Crippen molar-refractivity contribution in [3.05, 3.63) is 35.9 Å². The molecule has 0 saturated heterocycles. The van der Waals surface area contributed by atoms with E-state index >= 15 is 0 Å². The third-order valence-electron chi connectivity index (χ3n) is 1.91. The van der Waals surface area contributed by atoms with Gasteiger partial charge in [-0.05, 0) is 19.4 Å². The second-order valence-corrected chi connectivity index (χ2v) is 3.00. The zero-order valence-electron chi connectivity index (χ0n) is 8.49. The van der Waals surface area contributed by atoms with Crippen molar-refractivity contribution in [1.82, 2.24) is 5.32 Å². The van der Waals surface area contributed by atoms with Crippen LogP contribution in [-0.4, -0.2) is 12.7 Å². The topological polar surface area (TPSA) is 38.3 Å². The number of ether oxygens (including phenoxy) is 1. The lowest BCUT2D eigenvalue weighted by molar-refractivity contribution is 0.149. The Balaban J connectivity index is 2.50. The molecule has 0 aliphatic carbocycles. The Morgan fingerprint density at radius 3 is 2.64 bits per heavy atom. The summed E-state index contributed by atoms with van der Waals surface area (Å²) in [7, 11) is 0. The van der Waals surface area contributed by atoms with Gasteiger partial charge in [-0.3, -0.25) is 0 Å². The summed E-state index contributed by atoms with van der Waals surface area (Å²) in [5.74, 6) is 0. The Morgan fingerprint density at radius 2 is 2.07 bits per heavy atom. The molecule has 0 aliphatic heterocycles. The van der Waals surface area contributed by atoms with Gasteiger partial charge in [0.05, 0.1) is 12.6 Å². The summed E-state index contributed by atoms with van der Waals surface area (Å²) in [5, 5.41) is 2.74. The summed E-state index contributed by atoms with van der Waals surface area (Å²) in [4.78, 5) is 11.1. The maximum atomic E-state index is 11.1. The standard InChI is InChI=1S/C11H15NO2/c1-3-14-11(13)12-9(2)10-7-5-4-6-8-10/h4-9H,3H2,1-2H3,(H,12,13)/t9-/m1/s1. The van der Waals surface area contributed by atoms with Gasteiger partial charge in [0.1, 0.15) is 0 Å². The third kappa shape index (κ3) is 3.09. The first-order chi connectivity index (χ1) is 6.74. The molecule has 0 heterocycles. The molecule has 0 spiro atoms. The predicted octanol–water partition coefficient (Wildman–Crippen LogP) is 2.49. The molecule has 1 N–H and O–H groups in total.